The Hall–Kier alpha value is -4.73. The summed E-state index contributed by atoms with van der Waals surface area (Å²) < 4.78 is 7.41. The highest BCUT2D eigenvalue weighted by atomic mass is 16.6. The van der Waals surface area contributed by atoms with Gasteiger partial charge in [0.2, 0.25) is 0 Å². The molecule has 0 radical (unpaired) electrons. The number of anilines is 1. The highest BCUT2D eigenvalue weighted by Gasteiger charge is 2.38. The van der Waals surface area contributed by atoms with Gasteiger partial charge in [0, 0.05) is 29.2 Å². The molecule has 2 aromatic carbocycles. The SMILES string of the molecule is CCOc1ccccc1N1C(=O)NC(=O)/C(=C/c2cc(C)n(-c3ccc([N+](=O)[O-])cc3)c2C)C1=O. The molecule has 1 N–H and O–H groups in total. The molecule has 0 unspecified atom stereocenters. The molecule has 2 heterocycles. The lowest BCUT2D eigenvalue weighted by atomic mass is 10.1. The van der Waals surface area contributed by atoms with Crippen molar-refractivity contribution in [3.63, 3.8) is 0 Å². The van der Waals surface area contributed by atoms with Crippen LogP contribution in [0.2, 0.25) is 0 Å². The van der Waals surface area contributed by atoms with E-state index < -0.39 is 22.8 Å². The Morgan fingerprint density at radius 2 is 1.74 bits per heavy atom. The topological polar surface area (TPSA) is 124 Å². The number of barbiturate groups is 1. The molecule has 0 atom stereocenters. The van der Waals surface area contributed by atoms with Gasteiger partial charge in [0.25, 0.3) is 17.5 Å². The number of aromatic nitrogens is 1. The fourth-order valence-electron chi connectivity index (χ4n) is 4.01. The summed E-state index contributed by atoms with van der Waals surface area (Å²) in [5.74, 6) is -1.24. The Balaban J connectivity index is 1.74. The summed E-state index contributed by atoms with van der Waals surface area (Å²) in [6, 6.07) is 13.6. The van der Waals surface area contributed by atoms with Gasteiger partial charge in [-0.3, -0.25) is 25.0 Å². The quantitative estimate of drug-likeness (QED) is 0.249. The smallest absolute Gasteiger partial charge is 0.336 e. The fraction of sp³-hybridized carbons (Fsp3) is 0.160. The zero-order valence-corrected chi connectivity index (χ0v) is 19.3. The van der Waals surface area contributed by atoms with Gasteiger partial charge in [-0.15, -0.1) is 0 Å². The molecule has 35 heavy (non-hydrogen) atoms. The van der Waals surface area contributed by atoms with E-state index in [1.54, 1.807) is 56.3 Å². The number of aryl methyl sites for hydroxylation is 1. The third-order valence-corrected chi connectivity index (χ3v) is 5.60. The first-order valence-electron chi connectivity index (χ1n) is 10.8. The number of nitro benzene ring substituents is 1. The molecule has 4 rings (SSSR count). The molecule has 10 nitrogen and oxygen atoms in total. The number of para-hydroxylation sites is 2. The van der Waals surface area contributed by atoms with Crippen LogP contribution in [0, 0.1) is 24.0 Å². The number of nitro groups is 1. The number of rotatable bonds is 6. The van der Waals surface area contributed by atoms with Crippen LogP contribution in [-0.2, 0) is 9.59 Å². The number of amides is 4. The lowest BCUT2D eigenvalue weighted by Crippen LogP contribution is -2.54. The molecule has 3 aromatic rings. The zero-order valence-electron chi connectivity index (χ0n) is 19.3. The second-order valence-corrected chi connectivity index (χ2v) is 7.79. The van der Waals surface area contributed by atoms with Gasteiger partial charge < -0.3 is 9.30 Å². The summed E-state index contributed by atoms with van der Waals surface area (Å²) in [5, 5.41) is 13.2. The number of carbonyl (C=O) groups is 3. The molecular formula is C25H22N4O6. The number of urea groups is 1. The van der Waals surface area contributed by atoms with Gasteiger partial charge in [0.05, 0.1) is 17.2 Å². The summed E-state index contributed by atoms with van der Waals surface area (Å²) in [6.07, 6.45) is 1.44. The molecule has 1 fully saturated rings. The van der Waals surface area contributed by atoms with Crippen LogP contribution in [0.15, 0.2) is 60.2 Å². The summed E-state index contributed by atoms with van der Waals surface area (Å²) in [4.78, 5) is 49.9. The summed E-state index contributed by atoms with van der Waals surface area (Å²) in [6.45, 7) is 5.76. The monoisotopic (exact) mass is 474 g/mol. The van der Waals surface area contributed by atoms with E-state index in [9.17, 15) is 24.5 Å². The molecule has 1 aliphatic rings. The van der Waals surface area contributed by atoms with Crippen LogP contribution < -0.4 is 15.0 Å². The van der Waals surface area contributed by atoms with E-state index in [2.05, 4.69) is 5.32 Å². The van der Waals surface area contributed by atoms with Gasteiger partial charge >= 0.3 is 6.03 Å². The van der Waals surface area contributed by atoms with E-state index >= 15 is 0 Å². The molecule has 4 amide bonds. The van der Waals surface area contributed by atoms with E-state index in [0.717, 1.165) is 10.6 Å². The first kappa shape index (κ1) is 23.4. The first-order valence-corrected chi connectivity index (χ1v) is 10.8. The summed E-state index contributed by atoms with van der Waals surface area (Å²) in [7, 11) is 0. The van der Waals surface area contributed by atoms with Crippen molar-refractivity contribution >= 4 is 35.3 Å². The van der Waals surface area contributed by atoms with Crippen molar-refractivity contribution in [3.8, 4) is 11.4 Å². The maximum absolute atomic E-state index is 13.3. The summed E-state index contributed by atoms with van der Waals surface area (Å²) >= 11 is 0. The zero-order chi connectivity index (χ0) is 25.3. The second-order valence-electron chi connectivity index (χ2n) is 7.79. The Labute approximate surface area is 200 Å². The molecule has 10 heteroatoms. The minimum atomic E-state index is -0.861. The standard InChI is InChI=1S/C25H22N4O6/c1-4-35-22-8-6-5-7-21(22)28-24(31)20(23(30)26-25(28)32)14-17-13-15(2)27(16(17)3)18-9-11-19(12-10-18)29(33)34/h5-14H,4H2,1-3H3,(H,26,30,32)/b20-14-. The number of hydrogen-bond donors (Lipinski definition) is 1. The molecule has 0 bridgehead atoms. The number of nitrogens with zero attached hydrogens (tertiary/aromatic N) is 3. The molecule has 0 spiro atoms. The lowest BCUT2D eigenvalue weighted by Gasteiger charge is -2.27. The fourth-order valence-corrected chi connectivity index (χ4v) is 4.01. The third-order valence-electron chi connectivity index (χ3n) is 5.60. The number of carbonyl (C=O) groups excluding carboxylic acids is 3. The van der Waals surface area contributed by atoms with E-state index in [4.69, 9.17) is 4.74 Å². The predicted molar refractivity (Wildman–Crippen MR) is 129 cm³/mol. The maximum Gasteiger partial charge on any atom is 0.336 e. The van der Waals surface area contributed by atoms with Crippen LogP contribution in [-0.4, -0.2) is 33.9 Å². The second kappa shape index (κ2) is 9.26. The van der Waals surface area contributed by atoms with Crippen LogP contribution in [0.25, 0.3) is 11.8 Å². The van der Waals surface area contributed by atoms with Crippen molar-refractivity contribution < 1.29 is 24.0 Å². The minimum Gasteiger partial charge on any atom is -0.492 e. The average molecular weight is 474 g/mol. The average Bonchev–Trinajstić information content (AvgIpc) is 3.10. The summed E-state index contributed by atoms with van der Waals surface area (Å²) in [5.41, 5.74) is 2.78. The Morgan fingerprint density at radius 1 is 1.06 bits per heavy atom. The van der Waals surface area contributed by atoms with E-state index in [1.165, 1.54) is 18.2 Å². The van der Waals surface area contributed by atoms with Crippen molar-refractivity contribution in [2.75, 3.05) is 11.5 Å². The van der Waals surface area contributed by atoms with Crippen molar-refractivity contribution in [1.82, 2.24) is 9.88 Å². The molecule has 0 aliphatic carbocycles. The first-order chi connectivity index (χ1) is 16.7. The maximum atomic E-state index is 13.3. The molecule has 1 aliphatic heterocycles. The molecule has 1 saturated heterocycles. The van der Waals surface area contributed by atoms with Crippen molar-refractivity contribution in [3.05, 3.63) is 87.2 Å². The van der Waals surface area contributed by atoms with Crippen molar-refractivity contribution in [1.29, 1.82) is 0 Å². The highest BCUT2D eigenvalue weighted by molar-refractivity contribution is 6.39. The van der Waals surface area contributed by atoms with E-state index in [-0.39, 0.29) is 16.9 Å². The van der Waals surface area contributed by atoms with Gasteiger partial charge in [-0.25, -0.2) is 9.69 Å². The van der Waals surface area contributed by atoms with Crippen LogP contribution in [0.5, 0.6) is 5.75 Å². The normalized spacial score (nSPS) is 14.9. The van der Waals surface area contributed by atoms with Crippen LogP contribution in [0.4, 0.5) is 16.2 Å². The van der Waals surface area contributed by atoms with Crippen LogP contribution in [0.3, 0.4) is 0 Å². The molecular weight excluding hydrogens is 452 g/mol. The van der Waals surface area contributed by atoms with Gasteiger partial charge in [0.15, 0.2) is 0 Å². The van der Waals surface area contributed by atoms with E-state index in [0.29, 0.717) is 29.3 Å². The number of imide groups is 2. The number of hydrogen-bond acceptors (Lipinski definition) is 6. The number of ether oxygens (including phenoxy) is 1. The molecule has 1 aromatic heterocycles. The van der Waals surface area contributed by atoms with Gasteiger partial charge in [-0.05, 0) is 62.7 Å². The Bertz CT molecular complexity index is 1390. The largest absolute Gasteiger partial charge is 0.492 e. The van der Waals surface area contributed by atoms with Crippen LogP contribution in [0.1, 0.15) is 23.9 Å². The minimum absolute atomic E-state index is 0.0277. The third kappa shape index (κ3) is 4.29. The van der Waals surface area contributed by atoms with E-state index in [1.807, 2.05) is 11.5 Å². The number of nitrogens with one attached hydrogen (secondary N) is 1. The van der Waals surface area contributed by atoms with Gasteiger partial charge in [-0.1, -0.05) is 12.1 Å². The van der Waals surface area contributed by atoms with Gasteiger partial charge in [-0.2, -0.15) is 0 Å². The van der Waals surface area contributed by atoms with Crippen molar-refractivity contribution in [2.24, 2.45) is 0 Å². The number of non-ortho nitro benzene ring substituents is 1. The highest BCUT2D eigenvalue weighted by Crippen LogP contribution is 2.32. The van der Waals surface area contributed by atoms with Crippen molar-refractivity contribution in [2.45, 2.75) is 20.8 Å². The number of benzene rings is 2. The Morgan fingerprint density at radius 3 is 2.40 bits per heavy atom. The lowest BCUT2D eigenvalue weighted by molar-refractivity contribution is -0.384. The van der Waals surface area contributed by atoms with Crippen LogP contribution >= 0.6 is 0 Å². The molecule has 178 valence electrons. The Kier molecular flexibility index (Phi) is 6.20. The predicted octanol–water partition coefficient (Wildman–Crippen LogP) is 4.07. The van der Waals surface area contributed by atoms with Gasteiger partial charge in [0.1, 0.15) is 11.3 Å². The molecule has 0 saturated carbocycles.